The quantitative estimate of drug-likeness (QED) is 0.853. The normalized spacial score (nSPS) is 19.1. The van der Waals surface area contributed by atoms with E-state index in [4.69, 9.17) is 21.1 Å². The molecule has 0 aliphatic carbocycles. The predicted molar refractivity (Wildman–Crippen MR) is 88.4 cm³/mol. The largest absolute Gasteiger partial charge is 0.497 e. The molecule has 0 unspecified atom stereocenters. The fourth-order valence-electron chi connectivity index (χ4n) is 2.71. The van der Waals surface area contributed by atoms with Crippen LogP contribution in [0.25, 0.3) is 0 Å². The molecule has 1 heterocycles. The van der Waals surface area contributed by atoms with E-state index in [1.54, 1.807) is 7.11 Å². The van der Waals surface area contributed by atoms with Crippen molar-refractivity contribution >= 4 is 11.6 Å². The van der Waals surface area contributed by atoms with Crippen LogP contribution in [0.2, 0.25) is 5.02 Å². The van der Waals surface area contributed by atoms with Gasteiger partial charge in [0.25, 0.3) is 0 Å². The van der Waals surface area contributed by atoms with Gasteiger partial charge in [0.1, 0.15) is 5.75 Å². The summed E-state index contributed by atoms with van der Waals surface area (Å²) in [6.45, 7) is 3.53. The van der Waals surface area contributed by atoms with Gasteiger partial charge in [0.2, 0.25) is 0 Å². The van der Waals surface area contributed by atoms with Crippen molar-refractivity contribution < 1.29 is 9.47 Å². The first-order valence-electron chi connectivity index (χ1n) is 7.47. The van der Waals surface area contributed by atoms with E-state index in [0.29, 0.717) is 0 Å². The van der Waals surface area contributed by atoms with Crippen molar-refractivity contribution in [3.05, 3.63) is 64.7 Å². The van der Waals surface area contributed by atoms with Crippen molar-refractivity contribution in [3.8, 4) is 5.75 Å². The summed E-state index contributed by atoms with van der Waals surface area (Å²) in [7, 11) is 1.69. The Labute approximate surface area is 136 Å². The van der Waals surface area contributed by atoms with Crippen LogP contribution in [-0.2, 0) is 11.3 Å². The summed E-state index contributed by atoms with van der Waals surface area (Å²) in [6, 6.07) is 16.2. The topological polar surface area (TPSA) is 21.7 Å². The molecule has 0 amide bonds. The molecule has 0 aromatic heterocycles. The van der Waals surface area contributed by atoms with E-state index in [2.05, 4.69) is 17.0 Å². The molecular formula is C18H20ClNO2. The summed E-state index contributed by atoms with van der Waals surface area (Å²) in [5.41, 5.74) is 2.47. The van der Waals surface area contributed by atoms with Gasteiger partial charge in [-0.3, -0.25) is 4.90 Å². The Kier molecular flexibility index (Phi) is 4.98. The summed E-state index contributed by atoms with van der Waals surface area (Å²) in [6.07, 6.45) is 0.115. The van der Waals surface area contributed by atoms with Crippen LogP contribution in [-0.4, -0.2) is 31.7 Å². The second kappa shape index (κ2) is 7.14. The Morgan fingerprint density at radius 2 is 1.86 bits per heavy atom. The Hall–Kier alpha value is -1.55. The van der Waals surface area contributed by atoms with Crippen LogP contribution in [0.3, 0.4) is 0 Å². The van der Waals surface area contributed by atoms with Crippen LogP contribution in [0.1, 0.15) is 17.2 Å². The molecule has 0 N–H and O–H groups in total. The molecule has 3 nitrogen and oxygen atoms in total. The number of rotatable bonds is 4. The lowest BCUT2D eigenvalue weighted by Gasteiger charge is -2.33. The molecule has 2 aromatic carbocycles. The van der Waals surface area contributed by atoms with Crippen LogP contribution < -0.4 is 4.74 Å². The van der Waals surface area contributed by atoms with Crippen molar-refractivity contribution in [2.45, 2.75) is 12.6 Å². The fraction of sp³-hybridized carbons (Fsp3) is 0.333. The zero-order valence-electron chi connectivity index (χ0n) is 12.7. The van der Waals surface area contributed by atoms with Crippen molar-refractivity contribution in [3.63, 3.8) is 0 Å². The third kappa shape index (κ3) is 3.80. The first-order chi connectivity index (χ1) is 10.7. The molecule has 4 heteroatoms. The average Bonchev–Trinajstić information content (AvgIpc) is 2.56. The number of hydrogen-bond acceptors (Lipinski definition) is 3. The van der Waals surface area contributed by atoms with Gasteiger partial charge in [0, 0.05) is 24.7 Å². The SMILES string of the molecule is COc1ccc(CN2CCO[C@@H](c3ccc(Cl)cc3)C2)cc1. The highest BCUT2D eigenvalue weighted by atomic mass is 35.5. The fourth-order valence-corrected chi connectivity index (χ4v) is 2.84. The van der Waals surface area contributed by atoms with Gasteiger partial charge in [-0.05, 0) is 35.4 Å². The number of methoxy groups -OCH3 is 1. The van der Waals surface area contributed by atoms with E-state index in [0.717, 1.165) is 37.0 Å². The van der Waals surface area contributed by atoms with E-state index < -0.39 is 0 Å². The summed E-state index contributed by atoms with van der Waals surface area (Å²) in [5.74, 6) is 0.893. The Bertz CT molecular complexity index is 597. The number of nitrogens with zero attached hydrogens (tertiary/aromatic N) is 1. The molecule has 22 heavy (non-hydrogen) atoms. The Morgan fingerprint density at radius 3 is 2.55 bits per heavy atom. The molecule has 0 saturated carbocycles. The molecule has 116 valence electrons. The monoisotopic (exact) mass is 317 g/mol. The summed E-state index contributed by atoms with van der Waals surface area (Å²) < 4.78 is 11.1. The lowest BCUT2D eigenvalue weighted by atomic mass is 10.1. The van der Waals surface area contributed by atoms with E-state index in [9.17, 15) is 0 Å². The minimum Gasteiger partial charge on any atom is -0.497 e. The van der Waals surface area contributed by atoms with Crippen LogP contribution in [0.15, 0.2) is 48.5 Å². The Morgan fingerprint density at radius 1 is 1.14 bits per heavy atom. The number of halogens is 1. The third-order valence-corrected chi connectivity index (χ3v) is 4.21. The molecule has 1 atom stereocenters. The number of hydrogen-bond donors (Lipinski definition) is 0. The van der Waals surface area contributed by atoms with Gasteiger partial charge in [0.15, 0.2) is 0 Å². The van der Waals surface area contributed by atoms with Crippen molar-refractivity contribution in [2.24, 2.45) is 0 Å². The molecule has 1 fully saturated rings. The maximum Gasteiger partial charge on any atom is 0.118 e. The molecule has 1 aliphatic heterocycles. The first-order valence-corrected chi connectivity index (χ1v) is 7.85. The highest BCUT2D eigenvalue weighted by Crippen LogP contribution is 2.24. The van der Waals surface area contributed by atoms with Gasteiger partial charge in [0.05, 0.1) is 19.8 Å². The highest BCUT2D eigenvalue weighted by Gasteiger charge is 2.21. The Balaban J connectivity index is 1.63. The summed E-state index contributed by atoms with van der Waals surface area (Å²) in [4.78, 5) is 2.42. The van der Waals surface area contributed by atoms with Crippen LogP contribution in [0.4, 0.5) is 0 Å². The van der Waals surface area contributed by atoms with E-state index in [1.807, 2.05) is 36.4 Å². The van der Waals surface area contributed by atoms with Crippen molar-refractivity contribution in [1.82, 2.24) is 4.90 Å². The number of ether oxygens (including phenoxy) is 2. The van der Waals surface area contributed by atoms with Gasteiger partial charge in [-0.15, -0.1) is 0 Å². The molecule has 1 saturated heterocycles. The highest BCUT2D eigenvalue weighted by molar-refractivity contribution is 6.30. The molecular weight excluding hydrogens is 298 g/mol. The smallest absolute Gasteiger partial charge is 0.118 e. The second-order valence-corrected chi connectivity index (χ2v) is 5.93. The minimum atomic E-state index is 0.115. The average molecular weight is 318 g/mol. The van der Waals surface area contributed by atoms with Gasteiger partial charge >= 0.3 is 0 Å². The maximum atomic E-state index is 5.95. The van der Waals surface area contributed by atoms with Crippen molar-refractivity contribution in [1.29, 1.82) is 0 Å². The summed E-state index contributed by atoms with van der Waals surface area (Å²) in [5, 5.41) is 0.759. The second-order valence-electron chi connectivity index (χ2n) is 5.49. The predicted octanol–water partition coefficient (Wildman–Crippen LogP) is 3.92. The molecule has 0 spiro atoms. The third-order valence-electron chi connectivity index (χ3n) is 3.96. The number of morpholine rings is 1. The molecule has 2 aromatic rings. The van der Waals surface area contributed by atoms with Crippen molar-refractivity contribution in [2.75, 3.05) is 26.8 Å². The van der Waals surface area contributed by atoms with Gasteiger partial charge in [-0.2, -0.15) is 0 Å². The van der Waals surface area contributed by atoms with Crippen LogP contribution in [0.5, 0.6) is 5.75 Å². The van der Waals surface area contributed by atoms with Gasteiger partial charge in [-0.25, -0.2) is 0 Å². The first kappa shape index (κ1) is 15.3. The minimum absolute atomic E-state index is 0.115. The molecule has 0 bridgehead atoms. The van der Waals surface area contributed by atoms with Crippen LogP contribution >= 0.6 is 11.6 Å². The van der Waals surface area contributed by atoms with Gasteiger partial charge in [-0.1, -0.05) is 35.9 Å². The van der Waals surface area contributed by atoms with Gasteiger partial charge < -0.3 is 9.47 Å². The lowest BCUT2D eigenvalue weighted by Crippen LogP contribution is -2.37. The zero-order valence-corrected chi connectivity index (χ0v) is 13.4. The maximum absolute atomic E-state index is 5.95. The van der Waals surface area contributed by atoms with E-state index >= 15 is 0 Å². The number of benzene rings is 2. The van der Waals surface area contributed by atoms with Crippen LogP contribution in [0, 0.1) is 0 Å². The standard InChI is InChI=1S/C18H20ClNO2/c1-21-17-8-2-14(3-9-17)12-20-10-11-22-18(13-20)15-4-6-16(19)7-5-15/h2-9,18H,10-13H2,1H3/t18-/m1/s1. The molecule has 0 radical (unpaired) electrons. The molecule has 3 rings (SSSR count). The zero-order chi connectivity index (χ0) is 15.4. The molecule has 1 aliphatic rings. The van der Waals surface area contributed by atoms with E-state index in [-0.39, 0.29) is 6.10 Å². The summed E-state index contributed by atoms with van der Waals surface area (Å²) >= 11 is 5.95. The van der Waals surface area contributed by atoms with E-state index in [1.165, 1.54) is 11.1 Å². The lowest BCUT2D eigenvalue weighted by molar-refractivity contribution is -0.0329.